The van der Waals surface area contributed by atoms with Crippen LogP contribution in [0, 0.1) is 0 Å². The number of hydrogen-bond donors (Lipinski definition) is 2. The van der Waals surface area contributed by atoms with Crippen molar-refractivity contribution in [3.8, 4) is 0 Å². The number of aliphatic hydroxyl groups is 1. The number of hydrogen-bond acceptors (Lipinski definition) is 7. The molecular formula is C23H26N4O4S. The van der Waals surface area contributed by atoms with Crippen LogP contribution in [0.2, 0.25) is 0 Å². The van der Waals surface area contributed by atoms with Gasteiger partial charge in [-0.25, -0.2) is 0 Å². The van der Waals surface area contributed by atoms with Gasteiger partial charge in [0.25, 0.3) is 0 Å². The highest BCUT2D eigenvalue weighted by atomic mass is 32.2. The minimum absolute atomic E-state index is 0.00441. The summed E-state index contributed by atoms with van der Waals surface area (Å²) in [5, 5.41) is 21.0. The summed E-state index contributed by atoms with van der Waals surface area (Å²) in [6.45, 7) is 1.48. The van der Waals surface area contributed by atoms with Crippen LogP contribution in [-0.2, 0) is 27.9 Å². The van der Waals surface area contributed by atoms with Crippen molar-refractivity contribution in [3.05, 3.63) is 71.5 Å². The number of carbonyl (C=O) groups excluding carboxylic acids is 1. The third kappa shape index (κ3) is 5.55. The van der Waals surface area contributed by atoms with Crippen molar-refractivity contribution in [2.75, 3.05) is 11.1 Å². The molecule has 0 aliphatic carbocycles. The maximum absolute atomic E-state index is 11.5. The van der Waals surface area contributed by atoms with Gasteiger partial charge in [0.05, 0.1) is 18.8 Å². The van der Waals surface area contributed by atoms with Crippen molar-refractivity contribution >= 4 is 23.4 Å². The quantitative estimate of drug-likeness (QED) is 0.526. The first kappa shape index (κ1) is 22.5. The van der Waals surface area contributed by atoms with E-state index in [9.17, 15) is 9.90 Å². The number of aryl methyl sites for hydroxylation is 1. The second kappa shape index (κ2) is 10.3. The van der Waals surface area contributed by atoms with Crippen molar-refractivity contribution < 1.29 is 19.4 Å². The van der Waals surface area contributed by atoms with Crippen LogP contribution in [0.3, 0.4) is 0 Å². The fraction of sp³-hybridized carbons (Fsp3) is 0.348. The van der Waals surface area contributed by atoms with Crippen LogP contribution in [0.1, 0.15) is 42.4 Å². The molecule has 0 saturated carbocycles. The number of carbonyl (C=O) groups is 1. The minimum Gasteiger partial charge on any atom is -0.392 e. The molecule has 8 nitrogen and oxygen atoms in total. The Morgan fingerprint density at radius 2 is 2.03 bits per heavy atom. The van der Waals surface area contributed by atoms with E-state index in [1.807, 2.05) is 60.1 Å². The highest BCUT2D eigenvalue weighted by Crippen LogP contribution is 2.39. The van der Waals surface area contributed by atoms with Crippen LogP contribution in [0.25, 0.3) is 0 Å². The van der Waals surface area contributed by atoms with Crippen LogP contribution < -0.4 is 5.32 Å². The molecule has 2 heterocycles. The summed E-state index contributed by atoms with van der Waals surface area (Å²) < 4.78 is 14.5. The molecule has 1 fully saturated rings. The number of nitrogens with one attached hydrogen (secondary N) is 1. The molecular weight excluding hydrogens is 428 g/mol. The summed E-state index contributed by atoms with van der Waals surface area (Å²) >= 11 is 1.59. The van der Waals surface area contributed by atoms with Gasteiger partial charge in [-0.2, -0.15) is 0 Å². The maximum Gasteiger partial charge on any atom is 0.221 e. The zero-order valence-corrected chi connectivity index (χ0v) is 18.8. The Labute approximate surface area is 191 Å². The van der Waals surface area contributed by atoms with Gasteiger partial charge in [-0.1, -0.05) is 48.2 Å². The normalized spacial score (nSPS) is 20.8. The standard InChI is InChI=1S/C23H26N4O4S/c1-15(29)25-19-5-3-4-18(10-19)22-30-20(13-32-23-26-24-14-27(23)2)11-21(31-22)17-8-6-16(12-28)7-9-17/h3-10,14,20-22,28H,11-13H2,1-2H3,(H,25,29). The van der Waals surface area contributed by atoms with E-state index in [4.69, 9.17) is 9.47 Å². The molecule has 0 spiro atoms. The zero-order valence-electron chi connectivity index (χ0n) is 18.0. The monoisotopic (exact) mass is 454 g/mol. The lowest BCUT2D eigenvalue weighted by Crippen LogP contribution is -2.31. The molecule has 1 amide bonds. The number of amides is 1. The highest BCUT2D eigenvalue weighted by molar-refractivity contribution is 7.99. The molecule has 2 aromatic carbocycles. The van der Waals surface area contributed by atoms with E-state index in [-0.39, 0.29) is 24.7 Å². The predicted molar refractivity (Wildman–Crippen MR) is 121 cm³/mol. The summed E-state index contributed by atoms with van der Waals surface area (Å²) in [4.78, 5) is 11.5. The van der Waals surface area contributed by atoms with Crippen LogP contribution in [-0.4, -0.2) is 37.6 Å². The Balaban J connectivity index is 1.55. The lowest BCUT2D eigenvalue weighted by atomic mass is 10.0. The number of nitrogens with zero attached hydrogens (tertiary/aromatic N) is 3. The van der Waals surface area contributed by atoms with Gasteiger partial charge in [0.1, 0.15) is 6.33 Å². The van der Waals surface area contributed by atoms with Crippen LogP contribution in [0.15, 0.2) is 60.0 Å². The number of rotatable bonds is 7. The molecule has 0 bridgehead atoms. The highest BCUT2D eigenvalue weighted by Gasteiger charge is 2.32. The van der Waals surface area contributed by atoms with E-state index in [1.165, 1.54) is 6.92 Å². The Kier molecular flexibility index (Phi) is 7.21. The second-order valence-corrected chi connectivity index (χ2v) is 8.68. The third-order valence-corrected chi connectivity index (χ3v) is 6.33. The molecule has 0 radical (unpaired) electrons. The predicted octanol–water partition coefficient (Wildman–Crippen LogP) is 3.60. The summed E-state index contributed by atoms with van der Waals surface area (Å²) in [5.74, 6) is 0.565. The van der Waals surface area contributed by atoms with Gasteiger partial charge in [0.2, 0.25) is 5.91 Å². The average molecular weight is 455 g/mol. The van der Waals surface area contributed by atoms with Crippen molar-refractivity contribution in [2.45, 2.75) is 43.6 Å². The number of aromatic nitrogens is 3. The molecule has 9 heteroatoms. The Morgan fingerprint density at radius 1 is 1.22 bits per heavy atom. The molecule has 3 atom stereocenters. The van der Waals surface area contributed by atoms with Crippen molar-refractivity contribution in [1.29, 1.82) is 0 Å². The number of aliphatic hydroxyl groups excluding tert-OH is 1. The van der Waals surface area contributed by atoms with Crippen molar-refractivity contribution in [3.63, 3.8) is 0 Å². The Bertz CT molecular complexity index is 1060. The summed E-state index contributed by atoms with van der Waals surface area (Å²) in [6.07, 6.45) is 1.53. The topological polar surface area (TPSA) is 98.5 Å². The van der Waals surface area contributed by atoms with E-state index >= 15 is 0 Å². The van der Waals surface area contributed by atoms with Gasteiger partial charge >= 0.3 is 0 Å². The molecule has 168 valence electrons. The minimum atomic E-state index is -0.579. The van der Waals surface area contributed by atoms with Gasteiger partial charge in [-0.3, -0.25) is 4.79 Å². The smallest absolute Gasteiger partial charge is 0.221 e. The van der Waals surface area contributed by atoms with E-state index < -0.39 is 6.29 Å². The first-order valence-electron chi connectivity index (χ1n) is 10.4. The molecule has 1 saturated heterocycles. The van der Waals surface area contributed by atoms with Gasteiger partial charge < -0.3 is 24.5 Å². The molecule has 3 aromatic rings. The van der Waals surface area contributed by atoms with Gasteiger partial charge in [-0.15, -0.1) is 10.2 Å². The van der Waals surface area contributed by atoms with Gasteiger partial charge in [0, 0.05) is 37.4 Å². The number of thioether (sulfide) groups is 1. The zero-order chi connectivity index (χ0) is 22.5. The van der Waals surface area contributed by atoms with Crippen molar-refractivity contribution in [2.24, 2.45) is 7.05 Å². The van der Waals surface area contributed by atoms with E-state index in [1.54, 1.807) is 18.1 Å². The molecule has 32 heavy (non-hydrogen) atoms. The molecule has 4 rings (SSSR count). The first-order chi connectivity index (χ1) is 15.5. The van der Waals surface area contributed by atoms with Crippen LogP contribution >= 0.6 is 11.8 Å². The van der Waals surface area contributed by atoms with E-state index in [0.29, 0.717) is 17.9 Å². The maximum atomic E-state index is 11.5. The number of ether oxygens (including phenoxy) is 2. The first-order valence-corrected chi connectivity index (χ1v) is 11.4. The average Bonchev–Trinajstić information content (AvgIpc) is 3.22. The summed E-state index contributed by atoms with van der Waals surface area (Å²) in [5.41, 5.74) is 3.42. The molecule has 1 aliphatic heterocycles. The lowest BCUT2D eigenvalue weighted by Gasteiger charge is -2.36. The third-order valence-electron chi connectivity index (χ3n) is 5.16. The molecule has 3 unspecified atom stereocenters. The largest absolute Gasteiger partial charge is 0.392 e. The SMILES string of the molecule is CC(=O)Nc1cccc(C2OC(CSc3nncn3C)CC(c3ccc(CO)cc3)O2)c1. The lowest BCUT2D eigenvalue weighted by molar-refractivity contribution is -0.245. The van der Waals surface area contributed by atoms with Crippen molar-refractivity contribution in [1.82, 2.24) is 14.8 Å². The molecule has 2 N–H and O–H groups in total. The van der Waals surface area contributed by atoms with Gasteiger partial charge in [-0.05, 0) is 23.3 Å². The summed E-state index contributed by atoms with van der Waals surface area (Å²) in [7, 11) is 1.91. The number of benzene rings is 2. The van der Waals surface area contributed by atoms with E-state index in [2.05, 4.69) is 15.5 Å². The summed E-state index contributed by atoms with van der Waals surface area (Å²) in [6, 6.07) is 15.3. The molecule has 1 aliphatic rings. The number of anilines is 1. The fourth-order valence-electron chi connectivity index (χ4n) is 3.56. The Hall–Kier alpha value is -2.72. The second-order valence-electron chi connectivity index (χ2n) is 7.69. The van der Waals surface area contributed by atoms with Crippen LogP contribution in [0.4, 0.5) is 5.69 Å². The van der Waals surface area contributed by atoms with E-state index in [0.717, 1.165) is 21.8 Å². The van der Waals surface area contributed by atoms with Gasteiger partial charge in [0.15, 0.2) is 11.4 Å². The van der Waals surface area contributed by atoms with Crippen LogP contribution in [0.5, 0.6) is 0 Å². The Morgan fingerprint density at radius 3 is 2.72 bits per heavy atom. The fourth-order valence-corrected chi connectivity index (χ4v) is 4.47. The molecule has 1 aromatic heterocycles.